The van der Waals surface area contributed by atoms with Gasteiger partial charge < -0.3 is 15.2 Å². The van der Waals surface area contributed by atoms with Crippen LogP contribution >= 0.6 is 0 Å². The van der Waals surface area contributed by atoms with Gasteiger partial charge >= 0.3 is 0 Å². The van der Waals surface area contributed by atoms with Crippen molar-refractivity contribution in [2.75, 3.05) is 14.2 Å². The summed E-state index contributed by atoms with van der Waals surface area (Å²) in [7, 11) is 3.02. The van der Waals surface area contributed by atoms with Crippen LogP contribution in [0.4, 0.5) is 5.69 Å². The van der Waals surface area contributed by atoms with Gasteiger partial charge in [0, 0.05) is 18.7 Å². The van der Waals surface area contributed by atoms with Crippen molar-refractivity contribution >= 4 is 17.8 Å². The summed E-state index contributed by atoms with van der Waals surface area (Å²) in [6.45, 7) is 1.93. The molecule has 0 heterocycles. The van der Waals surface area contributed by atoms with Gasteiger partial charge in [-0.15, -0.1) is 0 Å². The van der Waals surface area contributed by atoms with Crippen LogP contribution in [0, 0.1) is 0 Å². The highest BCUT2D eigenvalue weighted by molar-refractivity contribution is 5.99. The summed E-state index contributed by atoms with van der Waals surface area (Å²) in [6.07, 6.45) is 6.26. The largest absolute Gasteiger partial charge is 0.493 e. The van der Waals surface area contributed by atoms with Gasteiger partial charge in [0.15, 0.2) is 11.5 Å². The molecular formula is C14H18N2O3. The second-order valence-electron chi connectivity index (χ2n) is 3.71. The fourth-order valence-corrected chi connectivity index (χ4v) is 1.52. The number of primary amides is 1. The number of amides is 1. The lowest BCUT2D eigenvalue weighted by Gasteiger charge is -2.10. The van der Waals surface area contributed by atoms with E-state index < -0.39 is 5.91 Å². The summed E-state index contributed by atoms with van der Waals surface area (Å²) in [5.41, 5.74) is 6.10. The Bertz CT molecular complexity index is 508. The van der Waals surface area contributed by atoms with E-state index >= 15 is 0 Å². The predicted molar refractivity (Wildman–Crippen MR) is 75.6 cm³/mol. The van der Waals surface area contributed by atoms with Gasteiger partial charge in [-0.05, 0) is 13.0 Å². The third kappa shape index (κ3) is 3.84. The monoisotopic (exact) mass is 262 g/mol. The number of benzene rings is 1. The lowest BCUT2D eigenvalue weighted by molar-refractivity contribution is 0.100. The van der Waals surface area contributed by atoms with Crippen molar-refractivity contribution in [3.05, 3.63) is 29.8 Å². The highest BCUT2D eigenvalue weighted by atomic mass is 16.5. The van der Waals surface area contributed by atoms with Gasteiger partial charge in [-0.25, -0.2) is 0 Å². The van der Waals surface area contributed by atoms with Gasteiger partial charge in [-0.1, -0.05) is 12.2 Å². The van der Waals surface area contributed by atoms with Crippen LogP contribution in [0.15, 0.2) is 29.3 Å². The Labute approximate surface area is 112 Å². The minimum Gasteiger partial charge on any atom is -0.493 e. The number of aliphatic imine (C=N–C) groups is 1. The predicted octanol–water partition coefficient (Wildman–Crippen LogP) is 2.47. The van der Waals surface area contributed by atoms with Crippen LogP contribution in [0.5, 0.6) is 11.5 Å². The number of allylic oxidation sites excluding steroid dienone is 2. The number of nitrogens with zero attached hydrogens (tertiary/aromatic N) is 1. The minimum atomic E-state index is -0.556. The van der Waals surface area contributed by atoms with Gasteiger partial charge in [-0.3, -0.25) is 9.79 Å². The molecule has 0 bridgehead atoms. The Kier molecular flexibility index (Phi) is 5.60. The zero-order valence-corrected chi connectivity index (χ0v) is 11.3. The molecule has 0 aliphatic heterocycles. The molecular weight excluding hydrogens is 244 g/mol. The van der Waals surface area contributed by atoms with E-state index in [2.05, 4.69) is 4.99 Å². The molecule has 0 radical (unpaired) electrons. The number of hydrogen-bond donors (Lipinski definition) is 1. The van der Waals surface area contributed by atoms with Gasteiger partial charge in [-0.2, -0.15) is 0 Å². The first-order valence-electron chi connectivity index (χ1n) is 5.83. The smallest absolute Gasteiger partial charge is 0.251 e. The molecule has 5 heteroatoms. The van der Waals surface area contributed by atoms with E-state index in [0.29, 0.717) is 29.2 Å². The number of carbonyl (C=O) groups is 1. The average molecular weight is 262 g/mol. The van der Waals surface area contributed by atoms with Crippen molar-refractivity contribution < 1.29 is 14.3 Å². The highest BCUT2D eigenvalue weighted by Crippen LogP contribution is 2.34. The summed E-state index contributed by atoms with van der Waals surface area (Å²) in [5.74, 6) is 0.397. The minimum absolute atomic E-state index is 0.300. The first kappa shape index (κ1) is 14.8. The Morgan fingerprint density at radius 3 is 2.47 bits per heavy atom. The lowest BCUT2D eigenvalue weighted by Crippen LogP contribution is -2.11. The summed E-state index contributed by atoms with van der Waals surface area (Å²) in [4.78, 5) is 15.7. The van der Waals surface area contributed by atoms with Gasteiger partial charge in [0.05, 0.1) is 25.5 Å². The summed E-state index contributed by atoms with van der Waals surface area (Å²) < 4.78 is 10.3. The fraction of sp³-hybridized carbons (Fsp3) is 0.286. The van der Waals surface area contributed by atoms with E-state index in [-0.39, 0.29) is 0 Å². The van der Waals surface area contributed by atoms with E-state index in [1.54, 1.807) is 12.3 Å². The number of carbonyl (C=O) groups excluding carboxylic acids is 1. The number of methoxy groups -OCH3 is 2. The van der Waals surface area contributed by atoms with E-state index in [9.17, 15) is 4.79 Å². The van der Waals surface area contributed by atoms with Crippen LogP contribution in [0.2, 0.25) is 0 Å². The maximum atomic E-state index is 11.4. The molecule has 0 fully saturated rings. The SMILES string of the molecule is C/C=C\C/C=N\c1cc(OC)c(OC)cc1C(N)=O. The van der Waals surface area contributed by atoms with Gasteiger partial charge in [0.25, 0.3) is 5.91 Å². The third-order valence-corrected chi connectivity index (χ3v) is 2.47. The molecule has 0 aliphatic carbocycles. The Hall–Kier alpha value is -2.30. The normalized spacial score (nSPS) is 11.1. The van der Waals surface area contributed by atoms with E-state index in [1.165, 1.54) is 20.3 Å². The van der Waals surface area contributed by atoms with Crippen molar-refractivity contribution in [2.45, 2.75) is 13.3 Å². The quantitative estimate of drug-likeness (QED) is 0.632. The lowest BCUT2D eigenvalue weighted by atomic mass is 10.1. The fourth-order valence-electron chi connectivity index (χ4n) is 1.52. The average Bonchev–Trinajstić information content (AvgIpc) is 2.42. The Balaban J connectivity index is 3.19. The molecule has 5 nitrogen and oxygen atoms in total. The standard InChI is InChI=1S/C14H18N2O3/c1-4-5-6-7-16-11-9-13(19-3)12(18-2)8-10(11)14(15)17/h4-5,7-9H,6H2,1-3H3,(H2,15,17)/b5-4-,16-7-. The van der Waals surface area contributed by atoms with Crippen molar-refractivity contribution in [3.8, 4) is 11.5 Å². The summed E-state index contributed by atoms with van der Waals surface area (Å²) in [5, 5.41) is 0. The van der Waals surface area contributed by atoms with Crippen molar-refractivity contribution in [3.63, 3.8) is 0 Å². The zero-order valence-electron chi connectivity index (χ0n) is 11.3. The van der Waals surface area contributed by atoms with Gasteiger partial charge in [0.2, 0.25) is 0 Å². The zero-order chi connectivity index (χ0) is 14.3. The van der Waals surface area contributed by atoms with Crippen molar-refractivity contribution in [2.24, 2.45) is 10.7 Å². The Morgan fingerprint density at radius 2 is 1.95 bits per heavy atom. The summed E-state index contributed by atoms with van der Waals surface area (Å²) >= 11 is 0. The first-order valence-corrected chi connectivity index (χ1v) is 5.83. The maximum absolute atomic E-state index is 11.4. The molecule has 1 amide bonds. The van der Waals surface area contributed by atoms with E-state index in [0.717, 1.165) is 0 Å². The number of nitrogens with two attached hydrogens (primary N) is 1. The molecule has 102 valence electrons. The number of ether oxygens (including phenoxy) is 2. The van der Waals surface area contributed by atoms with Crippen LogP contribution in [-0.4, -0.2) is 26.3 Å². The number of hydrogen-bond acceptors (Lipinski definition) is 4. The highest BCUT2D eigenvalue weighted by Gasteiger charge is 2.14. The van der Waals surface area contributed by atoms with Crippen LogP contribution in [-0.2, 0) is 0 Å². The molecule has 0 aliphatic rings. The summed E-state index contributed by atoms with van der Waals surface area (Å²) in [6, 6.07) is 3.16. The third-order valence-electron chi connectivity index (χ3n) is 2.47. The van der Waals surface area contributed by atoms with Crippen LogP contribution in [0.1, 0.15) is 23.7 Å². The molecule has 1 aromatic carbocycles. The molecule has 0 atom stereocenters. The molecule has 0 unspecified atom stereocenters. The second-order valence-corrected chi connectivity index (χ2v) is 3.71. The molecule has 0 aromatic heterocycles. The van der Waals surface area contributed by atoms with Gasteiger partial charge in [0.1, 0.15) is 0 Å². The van der Waals surface area contributed by atoms with Crippen molar-refractivity contribution in [1.82, 2.24) is 0 Å². The van der Waals surface area contributed by atoms with E-state index in [4.69, 9.17) is 15.2 Å². The molecule has 2 N–H and O–H groups in total. The van der Waals surface area contributed by atoms with Crippen LogP contribution in [0.3, 0.4) is 0 Å². The topological polar surface area (TPSA) is 73.9 Å². The maximum Gasteiger partial charge on any atom is 0.251 e. The Morgan fingerprint density at radius 1 is 1.32 bits per heavy atom. The second kappa shape index (κ2) is 7.20. The van der Waals surface area contributed by atoms with Crippen LogP contribution in [0.25, 0.3) is 0 Å². The number of rotatable bonds is 6. The molecule has 1 aromatic rings. The van der Waals surface area contributed by atoms with E-state index in [1.807, 2.05) is 19.1 Å². The molecule has 0 saturated carbocycles. The molecule has 0 spiro atoms. The molecule has 1 rings (SSSR count). The molecule has 19 heavy (non-hydrogen) atoms. The van der Waals surface area contributed by atoms with Crippen molar-refractivity contribution in [1.29, 1.82) is 0 Å². The first-order chi connectivity index (χ1) is 9.13. The molecule has 0 saturated heterocycles. The van der Waals surface area contributed by atoms with Crippen LogP contribution < -0.4 is 15.2 Å².